The second-order valence-electron chi connectivity index (χ2n) is 3.99. The second kappa shape index (κ2) is 6.21. The van der Waals surface area contributed by atoms with E-state index in [9.17, 15) is 5.11 Å². The lowest BCUT2D eigenvalue weighted by Gasteiger charge is -2.15. The Morgan fingerprint density at radius 3 is 2.94 bits per heavy atom. The molecule has 0 radical (unpaired) electrons. The van der Waals surface area contributed by atoms with E-state index in [1.807, 2.05) is 19.1 Å². The average molecular weight is 219 g/mol. The first kappa shape index (κ1) is 12.6. The highest BCUT2D eigenvalue weighted by atomic mass is 16.3. The fraction of sp³-hybridized carbons (Fsp3) is 0.500. The molecule has 0 saturated heterocycles. The van der Waals surface area contributed by atoms with Crippen molar-refractivity contribution in [2.75, 3.05) is 0 Å². The first-order chi connectivity index (χ1) is 7.63. The van der Waals surface area contributed by atoms with Gasteiger partial charge in [-0.2, -0.15) is 5.26 Å². The fourth-order valence-electron chi connectivity index (χ4n) is 1.56. The molecule has 0 saturated carbocycles. The first-order valence-corrected chi connectivity index (χ1v) is 5.39. The van der Waals surface area contributed by atoms with Gasteiger partial charge in [0, 0.05) is 24.3 Å². The van der Waals surface area contributed by atoms with Crippen molar-refractivity contribution in [3.05, 3.63) is 29.6 Å². The molecule has 0 aliphatic heterocycles. The Bertz CT molecular complexity index is 371. The first-order valence-electron chi connectivity index (χ1n) is 5.39. The molecule has 1 rings (SSSR count). The zero-order chi connectivity index (χ0) is 12.0. The number of aromatic nitrogens is 1. The average Bonchev–Trinajstić information content (AvgIpc) is 2.26. The number of nitrogens with zero attached hydrogens (tertiary/aromatic N) is 2. The summed E-state index contributed by atoms with van der Waals surface area (Å²) in [5.74, 6) is 0. The van der Waals surface area contributed by atoms with Crippen LogP contribution in [0.15, 0.2) is 18.3 Å². The normalized spacial score (nSPS) is 14.1. The van der Waals surface area contributed by atoms with E-state index in [-0.39, 0.29) is 12.1 Å². The monoisotopic (exact) mass is 219 g/mol. The summed E-state index contributed by atoms with van der Waals surface area (Å²) < 4.78 is 0. The summed E-state index contributed by atoms with van der Waals surface area (Å²) in [4.78, 5) is 3.99. The van der Waals surface area contributed by atoms with Gasteiger partial charge in [-0.25, -0.2) is 4.98 Å². The highest BCUT2D eigenvalue weighted by Crippen LogP contribution is 2.05. The topological polar surface area (TPSA) is 68.9 Å². The van der Waals surface area contributed by atoms with Gasteiger partial charge in [0.05, 0.1) is 6.10 Å². The zero-order valence-electron chi connectivity index (χ0n) is 9.64. The quantitative estimate of drug-likeness (QED) is 0.780. The second-order valence-corrected chi connectivity index (χ2v) is 3.99. The number of aliphatic hydroxyl groups excluding tert-OH is 1. The van der Waals surface area contributed by atoms with Gasteiger partial charge in [-0.15, -0.1) is 0 Å². The Labute approximate surface area is 95.9 Å². The van der Waals surface area contributed by atoms with Crippen LogP contribution in [0.1, 0.15) is 31.5 Å². The number of pyridine rings is 1. The molecule has 0 aliphatic carbocycles. The van der Waals surface area contributed by atoms with Crippen molar-refractivity contribution in [1.82, 2.24) is 10.3 Å². The molecular weight excluding hydrogens is 202 g/mol. The molecule has 86 valence electrons. The highest BCUT2D eigenvalue weighted by Gasteiger charge is 2.07. The number of nitrogens with one attached hydrogen (secondary N) is 1. The van der Waals surface area contributed by atoms with Crippen molar-refractivity contribution >= 4 is 0 Å². The lowest BCUT2D eigenvalue weighted by Crippen LogP contribution is -2.29. The van der Waals surface area contributed by atoms with Crippen LogP contribution in [0.5, 0.6) is 0 Å². The van der Waals surface area contributed by atoms with Gasteiger partial charge >= 0.3 is 0 Å². The summed E-state index contributed by atoms with van der Waals surface area (Å²) in [7, 11) is 0. The number of hydrogen-bond donors (Lipinski definition) is 2. The number of rotatable bonds is 5. The fourth-order valence-corrected chi connectivity index (χ4v) is 1.56. The molecule has 2 unspecified atom stereocenters. The summed E-state index contributed by atoms with van der Waals surface area (Å²) in [6.07, 6.45) is 2.00. The summed E-state index contributed by atoms with van der Waals surface area (Å²) in [6.45, 7) is 4.38. The molecule has 4 nitrogen and oxygen atoms in total. The van der Waals surface area contributed by atoms with Gasteiger partial charge in [-0.05, 0) is 26.3 Å². The molecule has 1 aromatic rings. The van der Waals surface area contributed by atoms with Crippen molar-refractivity contribution in [1.29, 1.82) is 5.26 Å². The molecule has 0 spiro atoms. The van der Waals surface area contributed by atoms with Crippen molar-refractivity contribution in [3.63, 3.8) is 0 Å². The van der Waals surface area contributed by atoms with Crippen molar-refractivity contribution in [3.8, 4) is 6.07 Å². The van der Waals surface area contributed by atoms with Gasteiger partial charge < -0.3 is 10.4 Å². The summed E-state index contributed by atoms with van der Waals surface area (Å²) in [5, 5.41) is 21.3. The van der Waals surface area contributed by atoms with Crippen LogP contribution in [-0.2, 0) is 6.54 Å². The molecular formula is C12H17N3O. The van der Waals surface area contributed by atoms with E-state index in [2.05, 4.69) is 16.4 Å². The van der Waals surface area contributed by atoms with Gasteiger partial charge in [-0.3, -0.25) is 0 Å². The SMILES string of the molecule is CC(O)CC(C)NCc1cccnc1C#N. The third-order valence-corrected chi connectivity index (χ3v) is 2.33. The summed E-state index contributed by atoms with van der Waals surface area (Å²) in [6, 6.07) is 5.97. The highest BCUT2D eigenvalue weighted by molar-refractivity contribution is 5.30. The number of hydrogen-bond acceptors (Lipinski definition) is 4. The molecule has 1 heterocycles. The van der Waals surface area contributed by atoms with E-state index in [4.69, 9.17) is 5.26 Å². The summed E-state index contributed by atoms with van der Waals surface area (Å²) >= 11 is 0. The van der Waals surface area contributed by atoms with Crippen LogP contribution in [0.4, 0.5) is 0 Å². The van der Waals surface area contributed by atoms with Gasteiger partial charge in [0.15, 0.2) is 0 Å². The molecule has 0 bridgehead atoms. The molecule has 0 fully saturated rings. The van der Waals surface area contributed by atoms with Crippen LogP contribution >= 0.6 is 0 Å². The Morgan fingerprint density at radius 2 is 2.31 bits per heavy atom. The van der Waals surface area contributed by atoms with Crippen molar-refractivity contribution in [2.24, 2.45) is 0 Å². The predicted octanol–water partition coefficient (Wildman–Crippen LogP) is 1.20. The van der Waals surface area contributed by atoms with E-state index in [1.165, 1.54) is 0 Å². The van der Waals surface area contributed by atoms with Crippen LogP contribution in [-0.4, -0.2) is 22.2 Å². The van der Waals surface area contributed by atoms with E-state index in [0.29, 0.717) is 18.7 Å². The van der Waals surface area contributed by atoms with Crippen LogP contribution in [0.25, 0.3) is 0 Å². The van der Waals surface area contributed by atoms with E-state index < -0.39 is 0 Å². The lowest BCUT2D eigenvalue weighted by atomic mass is 10.1. The molecule has 16 heavy (non-hydrogen) atoms. The van der Waals surface area contributed by atoms with Crippen LogP contribution in [0.3, 0.4) is 0 Å². The van der Waals surface area contributed by atoms with E-state index in [0.717, 1.165) is 5.56 Å². The minimum atomic E-state index is -0.313. The van der Waals surface area contributed by atoms with Gasteiger partial charge in [0.25, 0.3) is 0 Å². The largest absolute Gasteiger partial charge is 0.393 e. The maximum Gasteiger partial charge on any atom is 0.144 e. The molecule has 2 N–H and O–H groups in total. The van der Waals surface area contributed by atoms with Crippen LogP contribution in [0.2, 0.25) is 0 Å². The van der Waals surface area contributed by atoms with E-state index in [1.54, 1.807) is 13.1 Å². The Hall–Kier alpha value is -1.44. The van der Waals surface area contributed by atoms with Crippen LogP contribution < -0.4 is 5.32 Å². The Morgan fingerprint density at radius 1 is 1.56 bits per heavy atom. The molecule has 4 heteroatoms. The molecule has 1 aromatic heterocycles. The van der Waals surface area contributed by atoms with Gasteiger partial charge in [0.1, 0.15) is 11.8 Å². The number of nitriles is 1. The third kappa shape index (κ3) is 3.97. The zero-order valence-corrected chi connectivity index (χ0v) is 9.64. The smallest absolute Gasteiger partial charge is 0.144 e. The molecule has 2 atom stereocenters. The minimum absolute atomic E-state index is 0.215. The lowest BCUT2D eigenvalue weighted by molar-refractivity contribution is 0.170. The summed E-state index contributed by atoms with van der Waals surface area (Å²) in [5.41, 5.74) is 1.35. The maximum atomic E-state index is 9.22. The standard InChI is InChI=1S/C12H17N3O/c1-9(6-10(2)16)15-8-11-4-3-5-14-12(11)7-13/h3-5,9-10,15-16H,6,8H2,1-2H3. The van der Waals surface area contributed by atoms with E-state index >= 15 is 0 Å². The van der Waals surface area contributed by atoms with Crippen LogP contribution in [0, 0.1) is 11.3 Å². The van der Waals surface area contributed by atoms with Gasteiger partial charge in [-0.1, -0.05) is 6.07 Å². The number of aliphatic hydroxyl groups is 1. The molecule has 0 aliphatic rings. The van der Waals surface area contributed by atoms with Gasteiger partial charge in [0.2, 0.25) is 0 Å². The van der Waals surface area contributed by atoms with Crippen molar-refractivity contribution in [2.45, 2.75) is 39.0 Å². The third-order valence-electron chi connectivity index (χ3n) is 2.33. The van der Waals surface area contributed by atoms with Crippen molar-refractivity contribution < 1.29 is 5.11 Å². The Balaban J connectivity index is 2.52. The molecule has 0 amide bonds. The molecule has 0 aromatic carbocycles. The Kier molecular flexibility index (Phi) is 4.90. The predicted molar refractivity (Wildman–Crippen MR) is 61.6 cm³/mol. The minimum Gasteiger partial charge on any atom is -0.393 e. The maximum absolute atomic E-state index is 9.22.